The number of carbonyl (C=O) groups excluding carboxylic acids is 1. The SMILES string of the molecule is CCCCN(CCCC)C(=O)c1cc(Br)sc1Br. The Kier molecular flexibility index (Phi) is 7.49. The monoisotopic (exact) mass is 395 g/mol. The minimum atomic E-state index is 0.144. The molecule has 0 spiro atoms. The second-order valence-electron chi connectivity index (χ2n) is 4.24. The van der Waals surface area contributed by atoms with Gasteiger partial charge in [-0.2, -0.15) is 0 Å². The van der Waals surface area contributed by atoms with Gasteiger partial charge in [0.1, 0.15) is 0 Å². The zero-order valence-corrected chi connectivity index (χ0v) is 14.8. The van der Waals surface area contributed by atoms with Crippen molar-refractivity contribution in [2.24, 2.45) is 0 Å². The predicted octanol–water partition coefficient (Wildman–Crippen LogP) is 5.32. The van der Waals surface area contributed by atoms with Crippen molar-refractivity contribution < 1.29 is 4.79 Å². The van der Waals surface area contributed by atoms with Crippen molar-refractivity contribution in [1.82, 2.24) is 4.90 Å². The molecular formula is C13H19Br2NOS. The average Bonchev–Trinajstić information content (AvgIpc) is 2.68. The van der Waals surface area contributed by atoms with Crippen molar-refractivity contribution in [3.8, 4) is 0 Å². The van der Waals surface area contributed by atoms with Crippen LogP contribution in [0, 0.1) is 0 Å². The molecule has 0 fully saturated rings. The molecular weight excluding hydrogens is 378 g/mol. The summed E-state index contributed by atoms with van der Waals surface area (Å²) in [6.45, 7) is 6.02. The predicted molar refractivity (Wildman–Crippen MR) is 85.4 cm³/mol. The van der Waals surface area contributed by atoms with E-state index < -0.39 is 0 Å². The summed E-state index contributed by atoms with van der Waals surface area (Å²) in [5, 5.41) is 0. The lowest BCUT2D eigenvalue weighted by Gasteiger charge is -2.22. The van der Waals surface area contributed by atoms with Crippen LogP contribution in [0.1, 0.15) is 49.9 Å². The Hall–Kier alpha value is 0.130. The zero-order valence-electron chi connectivity index (χ0n) is 10.8. The number of rotatable bonds is 7. The van der Waals surface area contributed by atoms with Crippen LogP contribution in [0.25, 0.3) is 0 Å². The van der Waals surface area contributed by atoms with Crippen molar-refractivity contribution in [3.05, 3.63) is 19.2 Å². The highest BCUT2D eigenvalue weighted by atomic mass is 79.9. The Balaban J connectivity index is 2.77. The summed E-state index contributed by atoms with van der Waals surface area (Å²) < 4.78 is 1.90. The summed E-state index contributed by atoms with van der Waals surface area (Å²) in [6.07, 6.45) is 4.37. The molecule has 1 heterocycles. The molecule has 0 atom stereocenters. The number of hydrogen-bond acceptors (Lipinski definition) is 2. The quantitative estimate of drug-likeness (QED) is 0.610. The highest BCUT2D eigenvalue weighted by Gasteiger charge is 2.19. The van der Waals surface area contributed by atoms with Crippen molar-refractivity contribution in [3.63, 3.8) is 0 Å². The molecule has 102 valence electrons. The first kappa shape index (κ1) is 16.2. The van der Waals surface area contributed by atoms with Crippen molar-refractivity contribution in [2.45, 2.75) is 39.5 Å². The minimum absolute atomic E-state index is 0.144. The fraction of sp³-hybridized carbons (Fsp3) is 0.615. The van der Waals surface area contributed by atoms with Crippen LogP contribution in [-0.2, 0) is 0 Å². The zero-order chi connectivity index (χ0) is 13.5. The van der Waals surface area contributed by atoms with Gasteiger partial charge >= 0.3 is 0 Å². The molecule has 1 rings (SSSR count). The molecule has 2 nitrogen and oxygen atoms in total. The van der Waals surface area contributed by atoms with E-state index in [2.05, 4.69) is 45.7 Å². The van der Waals surface area contributed by atoms with Crippen molar-refractivity contribution in [2.75, 3.05) is 13.1 Å². The van der Waals surface area contributed by atoms with Gasteiger partial charge in [0.25, 0.3) is 5.91 Å². The second kappa shape index (κ2) is 8.33. The van der Waals surface area contributed by atoms with Crippen molar-refractivity contribution >= 4 is 49.1 Å². The molecule has 0 saturated carbocycles. The first-order valence-electron chi connectivity index (χ1n) is 6.34. The Morgan fingerprint density at radius 1 is 1.22 bits per heavy atom. The van der Waals surface area contributed by atoms with Gasteiger partial charge in [-0.1, -0.05) is 26.7 Å². The standard InChI is InChI=1S/C13H19Br2NOS/c1-3-5-7-16(8-6-4-2)13(17)10-9-11(14)18-12(10)15/h9H,3-8H2,1-2H3. The van der Waals surface area contributed by atoms with E-state index >= 15 is 0 Å². The van der Waals surface area contributed by atoms with E-state index in [1.54, 1.807) is 11.3 Å². The van der Waals surface area contributed by atoms with Gasteiger partial charge in [0.2, 0.25) is 0 Å². The van der Waals surface area contributed by atoms with Crippen LogP contribution < -0.4 is 0 Å². The fourth-order valence-electron chi connectivity index (χ4n) is 1.67. The van der Waals surface area contributed by atoms with Crippen LogP contribution in [0.5, 0.6) is 0 Å². The van der Waals surface area contributed by atoms with Crippen LogP contribution in [-0.4, -0.2) is 23.9 Å². The third-order valence-electron chi connectivity index (χ3n) is 2.74. The Morgan fingerprint density at radius 2 is 1.78 bits per heavy atom. The fourth-order valence-corrected chi connectivity index (χ4v) is 4.45. The molecule has 0 N–H and O–H groups in total. The van der Waals surface area contributed by atoms with Gasteiger partial charge in [-0.05, 0) is 50.8 Å². The smallest absolute Gasteiger partial charge is 0.255 e. The summed E-state index contributed by atoms with van der Waals surface area (Å²) in [4.78, 5) is 14.5. The molecule has 0 radical (unpaired) electrons. The summed E-state index contributed by atoms with van der Waals surface area (Å²) in [5.41, 5.74) is 0.777. The molecule has 5 heteroatoms. The number of amides is 1. The molecule has 0 aliphatic rings. The summed E-state index contributed by atoms with van der Waals surface area (Å²) >= 11 is 8.44. The first-order valence-corrected chi connectivity index (χ1v) is 8.74. The van der Waals surface area contributed by atoms with Crippen LogP contribution in [0.2, 0.25) is 0 Å². The van der Waals surface area contributed by atoms with E-state index in [0.717, 1.165) is 51.9 Å². The van der Waals surface area contributed by atoms with Crippen LogP contribution in [0.3, 0.4) is 0 Å². The summed E-state index contributed by atoms with van der Waals surface area (Å²) in [7, 11) is 0. The maximum Gasteiger partial charge on any atom is 0.255 e. The van der Waals surface area contributed by atoms with Gasteiger partial charge in [0, 0.05) is 13.1 Å². The van der Waals surface area contributed by atoms with E-state index in [1.807, 2.05) is 11.0 Å². The molecule has 0 saturated heterocycles. The van der Waals surface area contributed by atoms with E-state index in [-0.39, 0.29) is 5.91 Å². The van der Waals surface area contributed by atoms with Crippen molar-refractivity contribution in [1.29, 1.82) is 0 Å². The Labute approximate surface area is 130 Å². The highest BCUT2D eigenvalue weighted by Crippen LogP contribution is 2.32. The maximum absolute atomic E-state index is 12.5. The first-order chi connectivity index (χ1) is 8.60. The molecule has 1 aromatic rings. The van der Waals surface area contributed by atoms with Crippen LogP contribution in [0.15, 0.2) is 13.6 Å². The molecule has 0 unspecified atom stereocenters. The van der Waals surface area contributed by atoms with Gasteiger partial charge in [0.05, 0.1) is 13.1 Å². The van der Waals surface area contributed by atoms with E-state index in [1.165, 1.54) is 0 Å². The third-order valence-corrected chi connectivity index (χ3v) is 5.08. The number of hydrogen-bond donors (Lipinski definition) is 0. The molecule has 0 bridgehead atoms. The van der Waals surface area contributed by atoms with Gasteiger partial charge in [-0.3, -0.25) is 4.79 Å². The van der Waals surface area contributed by atoms with Crippen LogP contribution >= 0.6 is 43.2 Å². The van der Waals surface area contributed by atoms with E-state index in [0.29, 0.717) is 0 Å². The van der Waals surface area contributed by atoms with Gasteiger partial charge in [-0.25, -0.2) is 0 Å². The van der Waals surface area contributed by atoms with Crippen LogP contribution in [0.4, 0.5) is 0 Å². The number of carbonyl (C=O) groups is 1. The average molecular weight is 397 g/mol. The summed E-state index contributed by atoms with van der Waals surface area (Å²) in [6, 6.07) is 1.90. The molecule has 1 aromatic heterocycles. The lowest BCUT2D eigenvalue weighted by Crippen LogP contribution is -2.32. The molecule has 0 aliphatic carbocycles. The van der Waals surface area contributed by atoms with E-state index in [4.69, 9.17) is 0 Å². The normalized spacial score (nSPS) is 10.7. The number of halogens is 2. The molecule has 0 aromatic carbocycles. The molecule has 0 aliphatic heterocycles. The van der Waals surface area contributed by atoms with Gasteiger partial charge < -0.3 is 4.90 Å². The number of thiophene rings is 1. The maximum atomic E-state index is 12.5. The lowest BCUT2D eigenvalue weighted by atomic mass is 10.2. The highest BCUT2D eigenvalue weighted by molar-refractivity contribution is 9.12. The van der Waals surface area contributed by atoms with E-state index in [9.17, 15) is 4.79 Å². The third kappa shape index (κ3) is 4.67. The Bertz CT molecular complexity index is 384. The second-order valence-corrected chi connectivity index (χ2v) is 7.99. The molecule has 1 amide bonds. The largest absolute Gasteiger partial charge is 0.339 e. The van der Waals surface area contributed by atoms with Gasteiger partial charge in [-0.15, -0.1) is 11.3 Å². The Morgan fingerprint density at radius 3 is 2.17 bits per heavy atom. The topological polar surface area (TPSA) is 20.3 Å². The summed E-state index contributed by atoms with van der Waals surface area (Å²) in [5.74, 6) is 0.144. The number of unbranched alkanes of at least 4 members (excludes halogenated alkanes) is 2. The molecule has 18 heavy (non-hydrogen) atoms. The van der Waals surface area contributed by atoms with Gasteiger partial charge in [0.15, 0.2) is 0 Å². The minimum Gasteiger partial charge on any atom is -0.339 e. The number of nitrogens with zero attached hydrogens (tertiary/aromatic N) is 1. The lowest BCUT2D eigenvalue weighted by molar-refractivity contribution is 0.0751.